The number of hydrogen-bond donors (Lipinski definition) is 1. The monoisotopic (exact) mass is 522 g/mol. The van der Waals surface area contributed by atoms with Gasteiger partial charge in [0.2, 0.25) is 5.75 Å². The highest BCUT2D eigenvalue weighted by molar-refractivity contribution is 6.54. The van der Waals surface area contributed by atoms with Gasteiger partial charge in [-0.3, -0.25) is 14.6 Å². The van der Waals surface area contributed by atoms with E-state index in [0.717, 1.165) is 18.7 Å². The number of nitrogens with zero attached hydrogens (tertiary/aromatic N) is 5. The Kier molecular flexibility index (Phi) is 8.06. The number of aliphatic imine (C=N–C) groups is 1. The minimum absolute atomic E-state index is 0.0133. The van der Waals surface area contributed by atoms with E-state index in [2.05, 4.69) is 19.9 Å². The van der Waals surface area contributed by atoms with Gasteiger partial charge in [0.1, 0.15) is 17.3 Å². The second kappa shape index (κ2) is 11.4. The molecular formula is C27H31FN6O4. The summed E-state index contributed by atoms with van der Waals surface area (Å²) in [5.41, 5.74) is 8.80. The highest BCUT2D eigenvalue weighted by atomic mass is 19.1. The summed E-state index contributed by atoms with van der Waals surface area (Å²) in [5.74, 6) is 0.935. The third-order valence-electron chi connectivity index (χ3n) is 6.40. The smallest absolute Gasteiger partial charge is 0.278 e. The molecule has 0 unspecified atom stereocenters. The molecule has 3 aromatic rings. The Morgan fingerprint density at radius 3 is 2.32 bits per heavy atom. The summed E-state index contributed by atoms with van der Waals surface area (Å²) < 4.78 is 30.4. The molecule has 1 amide bonds. The SMILES string of the molecule is CCN(CC)CN1C(=O)/C(=N\c2ncc(Cc3cc(OC)c(OC)c(OC)c3)c(N)n2)c2cc(F)ccc21. The van der Waals surface area contributed by atoms with E-state index in [1.165, 1.54) is 19.2 Å². The van der Waals surface area contributed by atoms with Crippen LogP contribution in [0.4, 0.5) is 21.8 Å². The zero-order chi connectivity index (χ0) is 27.4. The van der Waals surface area contributed by atoms with Crippen molar-refractivity contribution in [3.05, 3.63) is 59.0 Å². The molecule has 0 saturated carbocycles. The van der Waals surface area contributed by atoms with Crippen molar-refractivity contribution in [2.45, 2.75) is 20.3 Å². The Hall–Kier alpha value is -4.25. The lowest BCUT2D eigenvalue weighted by molar-refractivity contribution is -0.112. The number of aromatic nitrogens is 2. The van der Waals surface area contributed by atoms with Crippen LogP contribution in [0, 0.1) is 5.82 Å². The summed E-state index contributed by atoms with van der Waals surface area (Å²) >= 11 is 0. The normalized spacial score (nSPS) is 13.8. The molecule has 2 heterocycles. The lowest BCUT2D eigenvalue weighted by Gasteiger charge is -2.25. The van der Waals surface area contributed by atoms with Crippen molar-refractivity contribution in [1.29, 1.82) is 0 Å². The first-order chi connectivity index (χ1) is 18.3. The molecule has 11 heteroatoms. The summed E-state index contributed by atoms with van der Waals surface area (Å²) in [5, 5.41) is 0. The minimum atomic E-state index is -0.463. The number of carbonyl (C=O) groups excluding carboxylic acids is 1. The van der Waals surface area contributed by atoms with Crippen LogP contribution in [0.1, 0.15) is 30.5 Å². The third-order valence-corrected chi connectivity index (χ3v) is 6.40. The summed E-state index contributed by atoms with van der Waals surface area (Å²) in [6, 6.07) is 7.86. The molecule has 2 N–H and O–H groups in total. The van der Waals surface area contributed by atoms with Crippen LogP contribution in [0.3, 0.4) is 0 Å². The number of hydrogen-bond acceptors (Lipinski definition) is 9. The van der Waals surface area contributed by atoms with Gasteiger partial charge < -0.3 is 19.9 Å². The number of amides is 1. The van der Waals surface area contributed by atoms with E-state index < -0.39 is 5.82 Å². The Morgan fingerprint density at radius 1 is 1.05 bits per heavy atom. The van der Waals surface area contributed by atoms with Crippen molar-refractivity contribution in [3.63, 3.8) is 0 Å². The van der Waals surface area contributed by atoms with Crippen LogP contribution in [-0.4, -0.2) is 67.6 Å². The van der Waals surface area contributed by atoms with E-state index in [9.17, 15) is 9.18 Å². The standard InChI is InChI=1S/C27H31FN6O4/c1-6-33(7-2)15-34-20-9-8-18(28)13-19(20)23(26(34)35)31-27-30-14-17(25(29)32-27)10-16-11-21(36-3)24(38-5)22(12-16)37-4/h8-9,11-14H,6-7,10,15H2,1-5H3,(H2,29,30,32)/b31-23-. The van der Waals surface area contributed by atoms with Crippen LogP contribution >= 0.6 is 0 Å². The highest BCUT2D eigenvalue weighted by Gasteiger charge is 2.35. The quantitative estimate of drug-likeness (QED) is 0.430. The fraction of sp³-hybridized carbons (Fsp3) is 0.333. The van der Waals surface area contributed by atoms with E-state index in [1.54, 1.807) is 31.4 Å². The van der Waals surface area contributed by atoms with Crippen molar-refractivity contribution in [2.75, 3.05) is 51.7 Å². The molecule has 0 bridgehead atoms. The first-order valence-electron chi connectivity index (χ1n) is 12.2. The largest absolute Gasteiger partial charge is 0.493 e. The molecule has 0 aliphatic carbocycles. The summed E-state index contributed by atoms with van der Waals surface area (Å²) in [6.45, 7) is 5.91. The number of carbonyl (C=O) groups is 1. The molecule has 1 aliphatic rings. The maximum Gasteiger partial charge on any atom is 0.278 e. The summed E-state index contributed by atoms with van der Waals surface area (Å²) in [6.07, 6.45) is 1.95. The van der Waals surface area contributed by atoms with E-state index in [1.807, 2.05) is 26.0 Å². The predicted molar refractivity (Wildman–Crippen MR) is 143 cm³/mol. The van der Waals surface area contributed by atoms with E-state index in [4.69, 9.17) is 19.9 Å². The van der Waals surface area contributed by atoms with Crippen molar-refractivity contribution in [3.8, 4) is 17.2 Å². The molecule has 0 radical (unpaired) electrons. The lowest BCUT2D eigenvalue weighted by atomic mass is 10.1. The molecule has 1 aliphatic heterocycles. The first kappa shape index (κ1) is 26.8. The average Bonchev–Trinajstić information content (AvgIpc) is 3.17. The van der Waals surface area contributed by atoms with E-state index >= 15 is 0 Å². The van der Waals surface area contributed by atoms with Gasteiger partial charge in [-0.1, -0.05) is 13.8 Å². The summed E-state index contributed by atoms with van der Waals surface area (Å²) in [4.78, 5) is 30.0. The third kappa shape index (κ3) is 5.23. The molecule has 0 saturated heterocycles. The average molecular weight is 523 g/mol. The van der Waals surface area contributed by atoms with Gasteiger partial charge >= 0.3 is 0 Å². The molecule has 10 nitrogen and oxygen atoms in total. The maximum atomic E-state index is 14.1. The second-order valence-electron chi connectivity index (χ2n) is 8.59. The van der Waals surface area contributed by atoms with Gasteiger partial charge in [0, 0.05) is 23.7 Å². The number of nitrogen functional groups attached to an aromatic ring is 1. The number of rotatable bonds is 10. The van der Waals surface area contributed by atoms with Crippen molar-refractivity contribution >= 4 is 29.1 Å². The van der Waals surface area contributed by atoms with Gasteiger partial charge in [0.05, 0.1) is 33.7 Å². The fourth-order valence-electron chi connectivity index (χ4n) is 4.32. The number of benzene rings is 2. The minimum Gasteiger partial charge on any atom is -0.493 e. The molecular weight excluding hydrogens is 491 g/mol. The Labute approximate surface area is 220 Å². The van der Waals surface area contributed by atoms with Gasteiger partial charge in [-0.05, 0) is 49.0 Å². The van der Waals surface area contributed by atoms with Gasteiger partial charge in [-0.2, -0.15) is 4.98 Å². The number of fused-ring (bicyclic) bond motifs is 1. The van der Waals surface area contributed by atoms with Gasteiger partial charge in [0.15, 0.2) is 11.5 Å². The molecule has 0 atom stereocenters. The molecule has 0 fully saturated rings. The molecule has 4 rings (SSSR count). The number of anilines is 2. The number of ether oxygens (including phenoxy) is 3. The fourth-order valence-corrected chi connectivity index (χ4v) is 4.32. The van der Waals surface area contributed by atoms with Gasteiger partial charge in [-0.25, -0.2) is 14.4 Å². The first-order valence-corrected chi connectivity index (χ1v) is 12.2. The lowest BCUT2D eigenvalue weighted by Crippen LogP contribution is -2.41. The van der Waals surface area contributed by atoms with Crippen LogP contribution in [-0.2, 0) is 11.2 Å². The van der Waals surface area contributed by atoms with Crippen LogP contribution in [0.2, 0.25) is 0 Å². The van der Waals surface area contributed by atoms with Crippen LogP contribution in [0.25, 0.3) is 0 Å². The van der Waals surface area contributed by atoms with E-state index in [-0.39, 0.29) is 23.4 Å². The zero-order valence-electron chi connectivity index (χ0n) is 22.1. The molecule has 2 aromatic carbocycles. The van der Waals surface area contributed by atoms with Crippen molar-refractivity contribution in [1.82, 2.24) is 14.9 Å². The van der Waals surface area contributed by atoms with Crippen LogP contribution < -0.4 is 24.8 Å². The second-order valence-corrected chi connectivity index (χ2v) is 8.59. The Bertz CT molecular complexity index is 1350. The van der Waals surface area contributed by atoms with Crippen molar-refractivity contribution in [2.24, 2.45) is 4.99 Å². The Morgan fingerprint density at radius 2 is 1.74 bits per heavy atom. The predicted octanol–water partition coefficient (Wildman–Crippen LogP) is 3.58. The highest BCUT2D eigenvalue weighted by Crippen LogP contribution is 2.39. The van der Waals surface area contributed by atoms with Crippen LogP contribution in [0.5, 0.6) is 17.2 Å². The number of methoxy groups -OCH3 is 3. The molecule has 1 aromatic heterocycles. The number of nitrogens with two attached hydrogens (primary N) is 1. The van der Waals surface area contributed by atoms with E-state index in [0.29, 0.717) is 47.2 Å². The summed E-state index contributed by atoms with van der Waals surface area (Å²) in [7, 11) is 4.63. The van der Waals surface area contributed by atoms with Crippen molar-refractivity contribution < 1.29 is 23.4 Å². The van der Waals surface area contributed by atoms with Crippen LogP contribution in [0.15, 0.2) is 41.5 Å². The van der Waals surface area contributed by atoms with Gasteiger partial charge in [-0.15, -0.1) is 0 Å². The van der Waals surface area contributed by atoms with Gasteiger partial charge in [0.25, 0.3) is 11.9 Å². The molecule has 0 spiro atoms. The Balaban J connectivity index is 1.65. The molecule has 200 valence electrons. The topological polar surface area (TPSA) is 115 Å². The molecule has 38 heavy (non-hydrogen) atoms. The zero-order valence-corrected chi connectivity index (χ0v) is 22.1. The maximum absolute atomic E-state index is 14.1. The number of halogens is 1.